The molecule has 0 spiro atoms. The second-order valence-corrected chi connectivity index (χ2v) is 7.76. The molecule has 0 unspecified atom stereocenters. The summed E-state index contributed by atoms with van der Waals surface area (Å²) in [4.78, 5) is 30.2. The number of amidine groups is 1. The topological polar surface area (TPSA) is 79.2 Å². The van der Waals surface area contributed by atoms with Gasteiger partial charge in [-0.3, -0.25) is 9.69 Å². The number of amides is 1. The molecule has 1 saturated heterocycles. The monoisotopic (exact) mass is 460 g/mol. The summed E-state index contributed by atoms with van der Waals surface area (Å²) in [5.41, 5.74) is 1.40. The number of aromatic carboxylic acids is 1. The number of carboxylic acids is 1. The Morgan fingerprint density at radius 2 is 2.11 bits per heavy atom. The molecule has 0 radical (unpaired) electrons. The van der Waals surface area contributed by atoms with Crippen molar-refractivity contribution in [3.05, 3.63) is 63.0 Å². The Hall–Kier alpha value is -2.58. The fraction of sp³-hybridized carbons (Fsp3) is 0.150. The molecule has 144 valence electrons. The lowest BCUT2D eigenvalue weighted by Gasteiger charge is -2.08. The molecule has 28 heavy (non-hydrogen) atoms. The molecule has 8 heteroatoms. The van der Waals surface area contributed by atoms with Gasteiger partial charge in [-0.1, -0.05) is 22.0 Å². The number of carboxylic acid groups (broad SMARTS) is 1. The van der Waals surface area contributed by atoms with Crippen LogP contribution in [0.1, 0.15) is 22.8 Å². The molecule has 1 N–H and O–H groups in total. The third-order valence-corrected chi connectivity index (χ3v) is 5.43. The fourth-order valence-corrected chi connectivity index (χ4v) is 3.89. The molecule has 3 rings (SSSR count). The van der Waals surface area contributed by atoms with Crippen molar-refractivity contribution < 1.29 is 19.4 Å². The summed E-state index contributed by atoms with van der Waals surface area (Å²) in [6.07, 6.45) is 1.77. The molecular formula is C20H17BrN2O4S. The average molecular weight is 461 g/mol. The van der Waals surface area contributed by atoms with E-state index in [0.717, 1.165) is 10.0 Å². The maximum absolute atomic E-state index is 12.6. The van der Waals surface area contributed by atoms with Crippen molar-refractivity contribution in [3.8, 4) is 5.75 Å². The number of thioether (sulfide) groups is 1. The molecule has 0 saturated carbocycles. The summed E-state index contributed by atoms with van der Waals surface area (Å²) in [5.74, 6) is -0.515. The summed E-state index contributed by atoms with van der Waals surface area (Å²) in [6.45, 7) is 2.42. The van der Waals surface area contributed by atoms with E-state index in [-0.39, 0.29) is 11.5 Å². The van der Waals surface area contributed by atoms with E-state index in [1.54, 1.807) is 25.3 Å². The van der Waals surface area contributed by atoms with E-state index in [9.17, 15) is 9.59 Å². The first kappa shape index (κ1) is 20.2. The van der Waals surface area contributed by atoms with Crippen molar-refractivity contribution >= 4 is 56.5 Å². The van der Waals surface area contributed by atoms with Crippen LogP contribution in [0.25, 0.3) is 6.08 Å². The first-order valence-corrected chi connectivity index (χ1v) is 10.0. The molecule has 0 aromatic heterocycles. The molecule has 1 fully saturated rings. The number of likely N-dealkylation sites (N-methyl/N-ethyl adjacent to an activating group) is 1. The zero-order valence-corrected chi connectivity index (χ0v) is 17.6. The van der Waals surface area contributed by atoms with Crippen molar-refractivity contribution in [1.82, 2.24) is 4.90 Å². The normalized spacial score (nSPS) is 16.8. The third-order valence-electron chi connectivity index (χ3n) is 3.88. The number of carbonyl (C=O) groups excluding carboxylic acids is 1. The molecule has 0 bridgehead atoms. The second-order valence-electron chi connectivity index (χ2n) is 5.84. The molecule has 1 aliphatic rings. The van der Waals surface area contributed by atoms with Crippen LogP contribution in [-0.2, 0) is 4.79 Å². The summed E-state index contributed by atoms with van der Waals surface area (Å²) in [7, 11) is 1.64. The van der Waals surface area contributed by atoms with Crippen LogP contribution >= 0.6 is 27.7 Å². The van der Waals surface area contributed by atoms with Gasteiger partial charge >= 0.3 is 5.97 Å². The highest BCUT2D eigenvalue weighted by molar-refractivity contribution is 9.10. The lowest BCUT2D eigenvalue weighted by molar-refractivity contribution is -0.121. The van der Waals surface area contributed by atoms with Gasteiger partial charge in [0.05, 0.1) is 22.8 Å². The molecule has 2 aromatic carbocycles. The molecule has 2 aromatic rings. The van der Waals surface area contributed by atoms with Gasteiger partial charge in [0.1, 0.15) is 5.75 Å². The van der Waals surface area contributed by atoms with E-state index < -0.39 is 5.97 Å². The minimum atomic E-state index is -1.02. The van der Waals surface area contributed by atoms with Gasteiger partial charge < -0.3 is 9.84 Å². The quantitative estimate of drug-likeness (QED) is 0.649. The molecule has 0 aliphatic carbocycles. The second kappa shape index (κ2) is 8.62. The largest absolute Gasteiger partial charge is 0.493 e. The van der Waals surface area contributed by atoms with Crippen LogP contribution in [0.2, 0.25) is 0 Å². The minimum Gasteiger partial charge on any atom is -0.493 e. The van der Waals surface area contributed by atoms with Crippen LogP contribution in [0.4, 0.5) is 5.69 Å². The lowest BCUT2D eigenvalue weighted by Crippen LogP contribution is -2.23. The number of hydrogen-bond acceptors (Lipinski definition) is 5. The lowest BCUT2D eigenvalue weighted by atomic mass is 10.2. The molecule has 0 atom stereocenters. The van der Waals surface area contributed by atoms with E-state index in [0.29, 0.717) is 28.1 Å². The maximum atomic E-state index is 12.6. The average Bonchev–Trinajstić information content (AvgIpc) is 2.92. The van der Waals surface area contributed by atoms with Crippen LogP contribution in [0.15, 0.2) is 56.8 Å². The van der Waals surface area contributed by atoms with Crippen LogP contribution in [0.3, 0.4) is 0 Å². The Balaban J connectivity index is 1.94. The number of halogens is 1. The van der Waals surface area contributed by atoms with E-state index in [4.69, 9.17) is 9.84 Å². The van der Waals surface area contributed by atoms with Crippen LogP contribution in [-0.4, -0.2) is 40.7 Å². The van der Waals surface area contributed by atoms with Gasteiger partial charge in [-0.2, -0.15) is 0 Å². The number of rotatable bonds is 5. The summed E-state index contributed by atoms with van der Waals surface area (Å²) >= 11 is 4.67. The SMILES string of the molecule is CCOc1ccc(Br)cc1/C=C1/SC(=Nc2cccc(C(=O)O)c2)N(C)C1=O. The van der Waals surface area contributed by atoms with E-state index >= 15 is 0 Å². The highest BCUT2D eigenvalue weighted by Crippen LogP contribution is 2.35. The van der Waals surface area contributed by atoms with Crippen molar-refractivity contribution in [2.45, 2.75) is 6.92 Å². The zero-order valence-electron chi connectivity index (χ0n) is 15.2. The number of nitrogens with zero attached hydrogens (tertiary/aromatic N) is 2. The van der Waals surface area contributed by atoms with E-state index in [1.165, 1.54) is 28.8 Å². The number of hydrogen-bond donors (Lipinski definition) is 1. The molecule has 1 aliphatic heterocycles. The van der Waals surface area contributed by atoms with Crippen molar-refractivity contribution in [3.63, 3.8) is 0 Å². The van der Waals surface area contributed by atoms with Gasteiger partial charge in [0.15, 0.2) is 5.17 Å². The molecule has 1 amide bonds. The Labute approximate surface area is 175 Å². The first-order chi connectivity index (χ1) is 13.4. The highest BCUT2D eigenvalue weighted by Gasteiger charge is 2.30. The van der Waals surface area contributed by atoms with Crippen LogP contribution < -0.4 is 4.74 Å². The van der Waals surface area contributed by atoms with Crippen molar-refractivity contribution in [2.24, 2.45) is 4.99 Å². The fourth-order valence-electron chi connectivity index (χ4n) is 2.53. The van der Waals surface area contributed by atoms with Crippen molar-refractivity contribution in [1.29, 1.82) is 0 Å². The molecule has 6 nitrogen and oxygen atoms in total. The molecular weight excluding hydrogens is 444 g/mol. The first-order valence-electron chi connectivity index (χ1n) is 8.41. The number of ether oxygens (including phenoxy) is 1. The molecule has 1 heterocycles. The van der Waals surface area contributed by atoms with E-state index in [2.05, 4.69) is 20.9 Å². The zero-order chi connectivity index (χ0) is 20.3. The van der Waals surface area contributed by atoms with Gasteiger partial charge in [0, 0.05) is 17.1 Å². The number of aliphatic imine (C=N–C) groups is 1. The highest BCUT2D eigenvalue weighted by atomic mass is 79.9. The van der Waals surface area contributed by atoms with E-state index in [1.807, 2.05) is 25.1 Å². The Morgan fingerprint density at radius 3 is 2.82 bits per heavy atom. The Kier molecular flexibility index (Phi) is 6.21. The Morgan fingerprint density at radius 1 is 1.32 bits per heavy atom. The van der Waals surface area contributed by atoms with Crippen LogP contribution in [0, 0.1) is 0 Å². The van der Waals surface area contributed by atoms with Gasteiger partial charge in [0.25, 0.3) is 5.91 Å². The van der Waals surface area contributed by atoms with Gasteiger partial charge in [-0.15, -0.1) is 0 Å². The summed E-state index contributed by atoms with van der Waals surface area (Å²) < 4.78 is 6.52. The number of carbonyl (C=O) groups is 2. The minimum absolute atomic E-state index is 0.144. The van der Waals surface area contributed by atoms with Gasteiger partial charge in [0.2, 0.25) is 0 Å². The summed E-state index contributed by atoms with van der Waals surface area (Å²) in [5, 5.41) is 9.60. The smallest absolute Gasteiger partial charge is 0.335 e. The van der Waals surface area contributed by atoms with Gasteiger partial charge in [-0.25, -0.2) is 9.79 Å². The number of benzene rings is 2. The van der Waals surface area contributed by atoms with Crippen LogP contribution in [0.5, 0.6) is 5.75 Å². The van der Waals surface area contributed by atoms with Crippen molar-refractivity contribution in [2.75, 3.05) is 13.7 Å². The predicted molar refractivity (Wildman–Crippen MR) is 114 cm³/mol. The van der Waals surface area contributed by atoms with Gasteiger partial charge in [-0.05, 0) is 61.2 Å². The third kappa shape index (κ3) is 4.45. The standard InChI is InChI=1S/C20H17BrN2O4S/c1-3-27-16-8-7-14(21)9-13(16)11-17-18(24)23(2)20(28-17)22-15-6-4-5-12(10-15)19(25)26/h4-11H,3H2,1-2H3,(H,25,26)/b17-11+,22-20?. The summed E-state index contributed by atoms with van der Waals surface area (Å²) in [6, 6.07) is 11.9. The Bertz CT molecular complexity index is 1000. The predicted octanol–water partition coefficient (Wildman–Crippen LogP) is 4.78. The maximum Gasteiger partial charge on any atom is 0.335 e.